The van der Waals surface area contributed by atoms with Crippen molar-refractivity contribution in [3.8, 4) is 5.69 Å². The Balaban J connectivity index is 2.35. The first kappa shape index (κ1) is 12.9. The van der Waals surface area contributed by atoms with Crippen LogP contribution in [0.25, 0.3) is 16.6 Å². The van der Waals surface area contributed by atoms with Crippen molar-refractivity contribution in [2.45, 2.75) is 19.8 Å². The molecule has 1 aromatic heterocycles. The Morgan fingerprint density at radius 1 is 0.950 bits per heavy atom. The van der Waals surface area contributed by atoms with Gasteiger partial charge in [-0.25, -0.2) is 8.78 Å². The quantitative estimate of drug-likeness (QED) is 0.616. The van der Waals surface area contributed by atoms with Gasteiger partial charge in [-0.2, -0.15) is 0 Å². The largest absolute Gasteiger partial charge is 0.313 e. The normalized spacial score (nSPS) is 11.4. The SMILES string of the molecule is CC(C)c1cc2c(F)cccc2n1-c1ccc(F)cc1. The number of halogens is 2. The van der Waals surface area contributed by atoms with Gasteiger partial charge in [0.25, 0.3) is 0 Å². The van der Waals surface area contributed by atoms with Crippen LogP contribution in [0.4, 0.5) is 8.78 Å². The molecule has 0 saturated heterocycles. The second-order valence-corrected chi connectivity index (χ2v) is 5.21. The fourth-order valence-electron chi connectivity index (χ4n) is 2.52. The molecular formula is C17H15F2N. The minimum Gasteiger partial charge on any atom is -0.313 e. The van der Waals surface area contributed by atoms with Gasteiger partial charge in [-0.15, -0.1) is 0 Å². The molecule has 0 saturated carbocycles. The van der Waals surface area contributed by atoms with Crippen LogP contribution in [0.5, 0.6) is 0 Å². The lowest BCUT2D eigenvalue weighted by Gasteiger charge is -2.13. The third-order valence-electron chi connectivity index (χ3n) is 3.50. The second-order valence-electron chi connectivity index (χ2n) is 5.21. The first-order valence-corrected chi connectivity index (χ1v) is 6.63. The summed E-state index contributed by atoms with van der Waals surface area (Å²) in [6, 6.07) is 13.2. The van der Waals surface area contributed by atoms with Crippen molar-refractivity contribution in [1.29, 1.82) is 0 Å². The molecule has 2 aromatic carbocycles. The molecule has 0 aliphatic carbocycles. The van der Waals surface area contributed by atoms with E-state index >= 15 is 0 Å². The van der Waals surface area contributed by atoms with Crippen molar-refractivity contribution < 1.29 is 8.78 Å². The topological polar surface area (TPSA) is 4.93 Å². The Morgan fingerprint density at radius 3 is 2.30 bits per heavy atom. The predicted molar refractivity (Wildman–Crippen MR) is 77.3 cm³/mol. The number of fused-ring (bicyclic) bond motifs is 1. The molecule has 0 unspecified atom stereocenters. The van der Waals surface area contributed by atoms with Gasteiger partial charge in [0.05, 0.1) is 5.52 Å². The number of rotatable bonds is 2. The summed E-state index contributed by atoms with van der Waals surface area (Å²) < 4.78 is 29.0. The van der Waals surface area contributed by atoms with Crippen LogP contribution in [0.15, 0.2) is 48.5 Å². The Labute approximate surface area is 116 Å². The van der Waals surface area contributed by atoms with Gasteiger partial charge in [0, 0.05) is 16.8 Å². The van der Waals surface area contributed by atoms with E-state index in [1.807, 2.05) is 16.7 Å². The van der Waals surface area contributed by atoms with Crippen LogP contribution in [-0.2, 0) is 0 Å². The van der Waals surface area contributed by atoms with Gasteiger partial charge in [-0.1, -0.05) is 19.9 Å². The molecule has 0 aliphatic rings. The summed E-state index contributed by atoms with van der Waals surface area (Å²) in [6.07, 6.45) is 0. The molecule has 0 bridgehead atoms. The number of nitrogens with zero attached hydrogens (tertiary/aromatic N) is 1. The average molecular weight is 271 g/mol. The Hall–Kier alpha value is -2.16. The van der Waals surface area contributed by atoms with E-state index in [0.717, 1.165) is 16.9 Å². The molecule has 3 heteroatoms. The zero-order chi connectivity index (χ0) is 14.3. The van der Waals surface area contributed by atoms with Crippen LogP contribution in [0, 0.1) is 11.6 Å². The van der Waals surface area contributed by atoms with Gasteiger partial charge in [-0.05, 0) is 48.4 Å². The smallest absolute Gasteiger partial charge is 0.132 e. The Kier molecular flexibility index (Phi) is 3.05. The maximum absolute atomic E-state index is 13.9. The summed E-state index contributed by atoms with van der Waals surface area (Å²) >= 11 is 0. The maximum Gasteiger partial charge on any atom is 0.132 e. The third-order valence-corrected chi connectivity index (χ3v) is 3.50. The highest BCUT2D eigenvalue weighted by molar-refractivity contribution is 5.84. The lowest BCUT2D eigenvalue weighted by atomic mass is 10.1. The molecule has 0 atom stereocenters. The molecule has 1 heterocycles. The van der Waals surface area contributed by atoms with Crippen molar-refractivity contribution in [1.82, 2.24) is 4.57 Å². The van der Waals surface area contributed by atoms with E-state index in [1.165, 1.54) is 18.2 Å². The van der Waals surface area contributed by atoms with Crippen LogP contribution in [0.1, 0.15) is 25.5 Å². The van der Waals surface area contributed by atoms with Crippen molar-refractivity contribution in [3.63, 3.8) is 0 Å². The zero-order valence-corrected chi connectivity index (χ0v) is 11.4. The maximum atomic E-state index is 13.9. The minimum atomic E-state index is -0.275. The van der Waals surface area contributed by atoms with Crippen molar-refractivity contribution in [2.24, 2.45) is 0 Å². The van der Waals surface area contributed by atoms with Gasteiger partial charge < -0.3 is 4.57 Å². The third kappa shape index (κ3) is 1.99. The van der Waals surface area contributed by atoms with Gasteiger partial charge in [-0.3, -0.25) is 0 Å². The van der Waals surface area contributed by atoms with Crippen LogP contribution >= 0.6 is 0 Å². The first-order chi connectivity index (χ1) is 9.58. The van der Waals surface area contributed by atoms with E-state index in [4.69, 9.17) is 0 Å². The Bertz CT molecular complexity index is 755. The van der Waals surface area contributed by atoms with Crippen LogP contribution in [0.3, 0.4) is 0 Å². The fraction of sp³-hybridized carbons (Fsp3) is 0.176. The molecule has 1 nitrogen and oxygen atoms in total. The van der Waals surface area contributed by atoms with Gasteiger partial charge >= 0.3 is 0 Å². The lowest BCUT2D eigenvalue weighted by molar-refractivity contribution is 0.627. The van der Waals surface area contributed by atoms with Crippen LogP contribution in [0.2, 0.25) is 0 Å². The number of aromatic nitrogens is 1. The lowest BCUT2D eigenvalue weighted by Crippen LogP contribution is -2.01. The van der Waals surface area contributed by atoms with E-state index in [9.17, 15) is 8.78 Å². The van der Waals surface area contributed by atoms with E-state index < -0.39 is 0 Å². The summed E-state index contributed by atoms with van der Waals surface area (Å²) in [6.45, 7) is 4.12. The predicted octanol–water partition coefficient (Wildman–Crippen LogP) is 5.03. The van der Waals surface area contributed by atoms with Crippen molar-refractivity contribution >= 4 is 10.9 Å². The van der Waals surface area contributed by atoms with Crippen molar-refractivity contribution in [3.05, 3.63) is 65.9 Å². The fourth-order valence-corrected chi connectivity index (χ4v) is 2.52. The van der Waals surface area contributed by atoms with Crippen molar-refractivity contribution in [2.75, 3.05) is 0 Å². The second kappa shape index (κ2) is 4.75. The number of hydrogen-bond acceptors (Lipinski definition) is 0. The highest BCUT2D eigenvalue weighted by Crippen LogP contribution is 2.30. The molecule has 0 fully saturated rings. The monoisotopic (exact) mass is 271 g/mol. The van der Waals surface area contributed by atoms with E-state index in [2.05, 4.69) is 13.8 Å². The molecule has 0 aliphatic heterocycles. The minimum absolute atomic E-state index is 0.231. The van der Waals surface area contributed by atoms with E-state index in [1.54, 1.807) is 18.2 Å². The number of hydrogen-bond donors (Lipinski definition) is 0. The summed E-state index contributed by atoms with van der Waals surface area (Å²) in [5.41, 5.74) is 2.66. The molecule has 102 valence electrons. The zero-order valence-electron chi connectivity index (χ0n) is 11.4. The molecule has 3 aromatic rings. The Morgan fingerprint density at radius 2 is 1.65 bits per heavy atom. The molecule has 0 N–H and O–H groups in total. The molecule has 0 spiro atoms. The average Bonchev–Trinajstić information content (AvgIpc) is 2.81. The van der Waals surface area contributed by atoms with Gasteiger partial charge in [0.15, 0.2) is 0 Å². The summed E-state index contributed by atoms with van der Waals surface area (Å²) in [5, 5.41) is 0.598. The van der Waals surface area contributed by atoms with Crippen LogP contribution < -0.4 is 0 Å². The highest BCUT2D eigenvalue weighted by Gasteiger charge is 2.15. The van der Waals surface area contributed by atoms with E-state index in [-0.39, 0.29) is 17.6 Å². The van der Waals surface area contributed by atoms with E-state index in [0.29, 0.717) is 5.39 Å². The summed E-state index contributed by atoms with van der Waals surface area (Å²) in [5.74, 6) is -0.264. The molecule has 0 radical (unpaired) electrons. The van der Waals surface area contributed by atoms with Gasteiger partial charge in [0.2, 0.25) is 0 Å². The van der Waals surface area contributed by atoms with Crippen LogP contribution in [-0.4, -0.2) is 4.57 Å². The molecule has 0 amide bonds. The highest BCUT2D eigenvalue weighted by atomic mass is 19.1. The molecule has 20 heavy (non-hydrogen) atoms. The first-order valence-electron chi connectivity index (χ1n) is 6.63. The van der Waals surface area contributed by atoms with Gasteiger partial charge in [0.1, 0.15) is 11.6 Å². The number of benzene rings is 2. The standard InChI is InChI=1S/C17H15F2N/c1-11(2)17-10-14-15(19)4-3-5-16(14)20(17)13-8-6-12(18)7-9-13/h3-11H,1-2H3. The summed E-state index contributed by atoms with van der Waals surface area (Å²) in [4.78, 5) is 0. The molecule has 3 rings (SSSR count). The summed E-state index contributed by atoms with van der Waals surface area (Å²) in [7, 11) is 0. The molecular weight excluding hydrogens is 256 g/mol.